The zero-order valence-corrected chi connectivity index (χ0v) is 12.5. The summed E-state index contributed by atoms with van der Waals surface area (Å²) in [4.78, 5) is 12.0. The molecule has 1 atom stereocenters. The fraction of sp³-hybridized carbons (Fsp3) is 0.429. The van der Waals surface area contributed by atoms with Crippen molar-refractivity contribution >= 4 is 11.6 Å². The molecule has 2 aromatic rings. The summed E-state index contributed by atoms with van der Waals surface area (Å²) in [5.74, 6) is -0.0185. The van der Waals surface area contributed by atoms with Crippen LogP contribution in [-0.4, -0.2) is 38.7 Å². The van der Waals surface area contributed by atoms with Crippen molar-refractivity contribution in [1.29, 1.82) is 0 Å². The molecule has 21 heavy (non-hydrogen) atoms. The van der Waals surface area contributed by atoms with Gasteiger partial charge in [0, 0.05) is 18.2 Å². The van der Waals surface area contributed by atoms with E-state index in [0.29, 0.717) is 6.42 Å². The number of aryl methyl sites for hydroxylation is 1. The predicted molar refractivity (Wildman–Crippen MR) is 80.3 cm³/mol. The van der Waals surface area contributed by atoms with Gasteiger partial charge in [-0.1, -0.05) is 13.0 Å². The van der Waals surface area contributed by atoms with Crippen LogP contribution in [-0.2, 0) is 4.79 Å². The summed E-state index contributed by atoms with van der Waals surface area (Å²) < 4.78 is 1.58. The van der Waals surface area contributed by atoms with Gasteiger partial charge in [-0.15, -0.1) is 5.10 Å². The van der Waals surface area contributed by atoms with Gasteiger partial charge in [-0.25, -0.2) is 4.68 Å². The van der Waals surface area contributed by atoms with Crippen molar-refractivity contribution in [3.8, 4) is 5.69 Å². The molecule has 0 bridgehead atoms. The van der Waals surface area contributed by atoms with Gasteiger partial charge >= 0.3 is 0 Å². The second-order valence-corrected chi connectivity index (χ2v) is 4.97. The van der Waals surface area contributed by atoms with Crippen molar-refractivity contribution in [3.05, 3.63) is 30.1 Å². The summed E-state index contributed by atoms with van der Waals surface area (Å²) in [6.07, 6.45) is 1.96. The summed E-state index contributed by atoms with van der Waals surface area (Å²) in [5, 5.41) is 17.2. The molecule has 0 spiro atoms. The molecule has 0 radical (unpaired) electrons. The van der Waals surface area contributed by atoms with E-state index in [9.17, 15) is 4.79 Å². The number of hydrogen-bond acceptors (Lipinski definition) is 5. The molecule has 0 fully saturated rings. The van der Waals surface area contributed by atoms with Crippen molar-refractivity contribution in [2.75, 3.05) is 11.9 Å². The molecular formula is C14H20N6O. The van der Waals surface area contributed by atoms with E-state index in [0.717, 1.165) is 23.5 Å². The first-order valence-electron chi connectivity index (χ1n) is 6.97. The van der Waals surface area contributed by atoms with Crippen LogP contribution in [0.15, 0.2) is 24.5 Å². The van der Waals surface area contributed by atoms with E-state index in [4.69, 9.17) is 0 Å². The predicted octanol–water partition coefficient (Wildman–Crippen LogP) is 1.30. The highest BCUT2D eigenvalue weighted by atomic mass is 16.1. The number of tetrazole rings is 1. The zero-order valence-electron chi connectivity index (χ0n) is 12.5. The third-order valence-electron chi connectivity index (χ3n) is 3.13. The molecule has 1 aromatic carbocycles. The van der Waals surface area contributed by atoms with Crippen molar-refractivity contribution in [3.63, 3.8) is 0 Å². The number of nitrogens with zero attached hydrogens (tertiary/aromatic N) is 4. The molecule has 0 saturated carbocycles. The maximum absolute atomic E-state index is 12.0. The highest BCUT2D eigenvalue weighted by molar-refractivity contribution is 5.91. The summed E-state index contributed by atoms with van der Waals surface area (Å²) in [6.45, 7) is 6.83. The van der Waals surface area contributed by atoms with Gasteiger partial charge in [0.2, 0.25) is 5.91 Å². The van der Waals surface area contributed by atoms with Gasteiger partial charge in [0.15, 0.2) is 0 Å². The number of nitrogens with one attached hydrogen (secondary N) is 2. The lowest BCUT2D eigenvalue weighted by atomic mass is 10.1. The summed E-state index contributed by atoms with van der Waals surface area (Å²) in [7, 11) is 0. The first-order chi connectivity index (χ1) is 10.1. The fourth-order valence-corrected chi connectivity index (χ4v) is 2.12. The van der Waals surface area contributed by atoms with Gasteiger partial charge in [0.1, 0.15) is 6.33 Å². The van der Waals surface area contributed by atoms with E-state index in [1.807, 2.05) is 39.0 Å². The van der Waals surface area contributed by atoms with E-state index in [1.54, 1.807) is 4.68 Å². The van der Waals surface area contributed by atoms with Crippen LogP contribution < -0.4 is 10.6 Å². The molecule has 2 N–H and O–H groups in total. The molecule has 7 heteroatoms. The van der Waals surface area contributed by atoms with Crippen LogP contribution in [0.1, 0.15) is 25.8 Å². The van der Waals surface area contributed by atoms with E-state index in [1.165, 1.54) is 6.33 Å². The summed E-state index contributed by atoms with van der Waals surface area (Å²) in [5.41, 5.74) is 2.61. The number of aromatic nitrogens is 4. The molecule has 1 aromatic heterocycles. The van der Waals surface area contributed by atoms with Crippen molar-refractivity contribution in [2.45, 2.75) is 33.2 Å². The number of rotatable bonds is 6. The fourth-order valence-electron chi connectivity index (χ4n) is 2.12. The van der Waals surface area contributed by atoms with Crippen LogP contribution in [0.5, 0.6) is 0 Å². The third-order valence-corrected chi connectivity index (χ3v) is 3.13. The Kier molecular flexibility index (Phi) is 4.99. The number of carbonyl (C=O) groups is 1. The van der Waals surface area contributed by atoms with Crippen LogP contribution in [0.3, 0.4) is 0 Å². The van der Waals surface area contributed by atoms with Gasteiger partial charge in [-0.3, -0.25) is 4.79 Å². The van der Waals surface area contributed by atoms with Gasteiger partial charge < -0.3 is 10.6 Å². The van der Waals surface area contributed by atoms with E-state index >= 15 is 0 Å². The Hall–Kier alpha value is -2.28. The number of amides is 1. The van der Waals surface area contributed by atoms with Crippen LogP contribution in [0.25, 0.3) is 5.69 Å². The Balaban J connectivity index is 2.08. The van der Waals surface area contributed by atoms with Crippen molar-refractivity contribution < 1.29 is 4.79 Å². The van der Waals surface area contributed by atoms with Crippen molar-refractivity contribution in [2.24, 2.45) is 0 Å². The molecule has 1 heterocycles. The number of hydrogen-bond donors (Lipinski definition) is 2. The zero-order chi connectivity index (χ0) is 15.2. The Morgan fingerprint density at radius 1 is 1.43 bits per heavy atom. The number of anilines is 1. The second kappa shape index (κ2) is 6.94. The first-order valence-corrected chi connectivity index (χ1v) is 6.97. The lowest BCUT2D eigenvalue weighted by Gasteiger charge is -2.13. The molecule has 0 aliphatic carbocycles. The Labute approximate surface area is 123 Å². The minimum Gasteiger partial charge on any atom is -0.326 e. The molecule has 1 unspecified atom stereocenters. The number of benzene rings is 1. The highest BCUT2D eigenvalue weighted by Crippen LogP contribution is 2.18. The maximum Gasteiger partial charge on any atom is 0.225 e. The van der Waals surface area contributed by atoms with E-state index in [-0.39, 0.29) is 11.9 Å². The molecule has 0 saturated heterocycles. The lowest BCUT2D eigenvalue weighted by Crippen LogP contribution is -2.30. The minimum atomic E-state index is -0.0185. The van der Waals surface area contributed by atoms with Crippen LogP contribution in [0.4, 0.5) is 5.69 Å². The average molecular weight is 288 g/mol. The summed E-state index contributed by atoms with van der Waals surface area (Å²) >= 11 is 0. The second-order valence-electron chi connectivity index (χ2n) is 4.97. The molecular weight excluding hydrogens is 268 g/mol. The van der Waals surface area contributed by atoms with Crippen LogP contribution in [0.2, 0.25) is 0 Å². The molecule has 1 amide bonds. The quantitative estimate of drug-likeness (QED) is 0.837. The van der Waals surface area contributed by atoms with Crippen LogP contribution in [0, 0.1) is 6.92 Å². The molecule has 0 aliphatic rings. The summed E-state index contributed by atoms with van der Waals surface area (Å²) in [6, 6.07) is 5.82. The Morgan fingerprint density at radius 3 is 2.90 bits per heavy atom. The third kappa shape index (κ3) is 4.09. The number of carbonyl (C=O) groups excluding carboxylic acids is 1. The van der Waals surface area contributed by atoms with Gasteiger partial charge in [-0.05, 0) is 48.5 Å². The van der Waals surface area contributed by atoms with Crippen molar-refractivity contribution in [1.82, 2.24) is 25.5 Å². The minimum absolute atomic E-state index is 0.0185. The Bertz CT molecular complexity index is 596. The smallest absolute Gasteiger partial charge is 0.225 e. The molecule has 112 valence electrons. The maximum atomic E-state index is 12.0. The average Bonchev–Trinajstić information content (AvgIpc) is 2.95. The Morgan fingerprint density at radius 2 is 2.24 bits per heavy atom. The normalized spacial score (nSPS) is 12.1. The highest BCUT2D eigenvalue weighted by Gasteiger charge is 2.10. The molecule has 2 rings (SSSR count). The van der Waals surface area contributed by atoms with Gasteiger partial charge in [0.05, 0.1) is 5.69 Å². The van der Waals surface area contributed by atoms with Gasteiger partial charge in [0.25, 0.3) is 0 Å². The van der Waals surface area contributed by atoms with Crippen LogP contribution >= 0.6 is 0 Å². The van der Waals surface area contributed by atoms with E-state index in [2.05, 4.69) is 26.2 Å². The monoisotopic (exact) mass is 288 g/mol. The lowest BCUT2D eigenvalue weighted by molar-refractivity contribution is -0.116. The first kappa shape index (κ1) is 15.1. The molecule has 7 nitrogen and oxygen atoms in total. The molecule has 0 aliphatic heterocycles. The van der Waals surface area contributed by atoms with E-state index < -0.39 is 0 Å². The SMILES string of the molecule is CCNC(C)CC(=O)Nc1ccc(C)c(-n2cnnn2)c1. The standard InChI is InChI=1S/C14H20N6O/c1-4-15-11(3)7-14(21)17-12-6-5-10(2)13(8-12)20-9-16-18-19-20/h5-6,8-9,11,15H,4,7H2,1-3H3,(H,17,21). The topological polar surface area (TPSA) is 84.7 Å². The van der Waals surface area contributed by atoms with Gasteiger partial charge in [-0.2, -0.15) is 0 Å². The largest absolute Gasteiger partial charge is 0.326 e.